The Morgan fingerprint density at radius 1 is 0.889 bits per heavy atom. The number of sulfonamides is 1. The molecule has 0 saturated heterocycles. The van der Waals surface area contributed by atoms with Crippen molar-refractivity contribution in [1.29, 1.82) is 0 Å². The van der Waals surface area contributed by atoms with Gasteiger partial charge in [0.25, 0.3) is 5.91 Å². The van der Waals surface area contributed by atoms with Gasteiger partial charge >= 0.3 is 0 Å². The van der Waals surface area contributed by atoms with Gasteiger partial charge in [0.2, 0.25) is 10.0 Å². The number of rotatable bonds is 5. The summed E-state index contributed by atoms with van der Waals surface area (Å²) in [5, 5.41) is 2.80. The average Bonchev–Trinajstić information content (AvgIpc) is 2.70. The molecule has 138 valence electrons. The molecule has 0 heterocycles. The minimum Gasteiger partial charge on any atom is -0.322 e. The third-order valence-electron chi connectivity index (χ3n) is 4.26. The van der Waals surface area contributed by atoms with Crippen molar-refractivity contribution in [1.82, 2.24) is 4.72 Å². The van der Waals surface area contributed by atoms with E-state index in [1.54, 1.807) is 31.2 Å². The second kappa shape index (κ2) is 7.73. The van der Waals surface area contributed by atoms with Crippen LogP contribution < -0.4 is 10.0 Å². The van der Waals surface area contributed by atoms with E-state index >= 15 is 0 Å². The second-order valence-corrected chi connectivity index (χ2v) is 7.91. The molecule has 0 aliphatic heterocycles. The van der Waals surface area contributed by atoms with Gasteiger partial charge in [-0.2, -0.15) is 0 Å². The van der Waals surface area contributed by atoms with E-state index < -0.39 is 10.0 Å². The summed E-state index contributed by atoms with van der Waals surface area (Å²) in [5.74, 6) is -0.300. The van der Waals surface area contributed by atoms with Gasteiger partial charge in [0.05, 0.1) is 4.90 Å². The lowest BCUT2D eigenvalue weighted by Crippen LogP contribution is -2.20. The maximum Gasteiger partial charge on any atom is 0.256 e. The van der Waals surface area contributed by atoms with Gasteiger partial charge in [0, 0.05) is 11.3 Å². The Kier molecular flexibility index (Phi) is 5.39. The number of hydrogen-bond donors (Lipinski definition) is 2. The van der Waals surface area contributed by atoms with Crippen LogP contribution >= 0.6 is 0 Å². The predicted molar refractivity (Wildman–Crippen MR) is 107 cm³/mol. The number of nitrogens with one attached hydrogen (secondary N) is 2. The summed E-state index contributed by atoms with van der Waals surface area (Å²) in [6, 6.07) is 21.8. The Labute approximate surface area is 159 Å². The van der Waals surface area contributed by atoms with Gasteiger partial charge < -0.3 is 5.32 Å². The number of carbonyl (C=O) groups excluding carboxylic acids is 1. The molecule has 0 spiro atoms. The zero-order chi connectivity index (χ0) is 19.4. The molecule has 0 aromatic heterocycles. The quantitative estimate of drug-likeness (QED) is 0.706. The fourth-order valence-corrected chi connectivity index (χ4v) is 3.82. The Bertz CT molecular complexity index is 1080. The number of amides is 1. The topological polar surface area (TPSA) is 75.3 Å². The van der Waals surface area contributed by atoms with E-state index in [-0.39, 0.29) is 10.8 Å². The number of benzene rings is 3. The summed E-state index contributed by atoms with van der Waals surface area (Å²) < 4.78 is 26.6. The molecule has 0 radical (unpaired) electrons. The highest BCUT2D eigenvalue weighted by Gasteiger charge is 2.17. The molecule has 3 rings (SSSR count). The largest absolute Gasteiger partial charge is 0.322 e. The standard InChI is InChI=1S/C21H20N2O3S/c1-15-12-13-17(14-20(15)27(25,26)22-2)23-21(24)19-11-7-6-10-18(19)16-8-4-3-5-9-16/h3-14,22H,1-2H3,(H,23,24). The first-order valence-electron chi connectivity index (χ1n) is 8.42. The minimum atomic E-state index is -3.60. The Balaban J connectivity index is 1.95. The van der Waals surface area contributed by atoms with Crippen LogP contribution in [0.2, 0.25) is 0 Å². The van der Waals surface area contributed by atoms with E-state index in [2.05, 4.69) is 10.0 Å². The van der Waals surface area contributed by atoms with E-state index in [1.165, 1.54) is 13.1 Å². The van der Waals surface area contributed by atoms with Crippen LogP contribution in [-0.2, 0) is 10.0 Å². The highest BCUT2D eigenvalue weighted by Crippen LogP contribution is 2.25. The molecular weight excluding hydrogens is 360 g/mol. The van der Waals surface area contributed by atoms with Gasteiger partial charge in [-0.15, -0.1) is 0 Å². The van der Waals surface area contributed by atoms with Crippen molar-refractivity contribution < 1.29 is 13.2 Å². The Morgan fingerprint density at radius 2 is 1.56 bits per heavy atom. The maximum atomic E-state index is 12.8. The third-order valence-corrected chi connectivity index (χ3v) is 5.82. The second-order valence-electron chi connectivity index (χ2n) is 6.05. The fourth-order valence-electron chi connectivity index (χ4n) is 2.83. The van der Waals surface area contributed by atoms with E-state index in [4.69, 9.17) is 0 Å². The first-order chi connectivity index (χ1) is 12.9. The van der Waals surface area contributed by atoms with Crippen molar-refractivity contribution in [3.05, 3.63) is 83.9 Å². The smallest absolute Gasteiger partial charge is 0.256 e. The van der Waals surface area contributed by atoms with Gasteiger partial charge in [0.1, 0.15) is 0 Å². The lowest BCUT2D eigenvalue weighted by molar-refractivity contribution is 0.102. The minimum absolute atomic E-state index is 0.138. The molecule has 0 aliphatic rings. The summed E-state index contributed by atoms with van der Waals surface area (Å²) in [6.45, 7) is 1.71. The van der Waals surface area contributed by atoms with Gasteiger partial charge in [-0.05, 0) is 48.9 Å². The Morgan fingerprint density at radius 3 is 2.26 bits per heavy atom. The molecule has 5 nitrogen and oxygen atoms in total. The van der Waals surface area contributed by atoms with Crippen LogP contribution in [0.25, 0.3) is 11.1 Å². The Hall–Kier alpha value is -2.96. The van der Waals surface area contributed by atoms with Crippen LogP contribution in [0.5, 0.6) is 0 Å². The summed E-state index contributed by atoms with van der Waals surface area (Å²) in [5.41, 5.74) is 3.29. The molecule has 0 aliphatic carbocycles. The first-order valence-corrected chi connectivity index (χ1v) is 9.90. The van der Waals surface area contributed by atoms with Crippen molar-refractivity contribution in [2.75, 3.05) is 12.4 Å². The van der Waals surface area contributed by atoms with Gasteiger partial charge in [-0.1, -0.05) is 54.6 Å². The monoisotopic (exact) mass is 380 g/mol. The van der Waals surface area contributed by atoms with Crippen molar-refractivity contribution in [3.63, 3.8) is 0 Å². The molecule has 3 aromatic rings. The number of aryl methyl sites for hydroxylation is 1. The van der Waals surface area contributed by atoms with Gasteiger partial charge in [-0.3, -0.25) is 4.79 Å². The molecule has 0 unspecified atom stereocenters. The SMILES string of the molecule is CNS(=O)(=O)c1cc(NC(=O)c2ccccc2-c2ccccc2)ccc1C. The highest BCUT2D eigenvalue weighted by molar-refractivity contribution is 7.89. The summed E-state index contributed by atoms with van der Waals surface area (Å²) >= 11 is 0. The molecule has 0 fully saturated rings. The maximum absolute atomic E-state index is 12.8. The molecule has 0 atom stereocenters. The lowest BCUT2D eigenvalue weighted by atomic mass is 9.99. The zero-order valence-electron chi connectivity index (χ0n) is 15.1. The summed E-state index contributed by atoms with van der Waals surface area (Å²) in [4.78, 5) is 13.0. The molecule has 1 amide bonds. The van der Waals surface area contributed by atoms with Gasteiger partial charge in [0.15, 0.2) is 0 Å². The van der Waals surface area contributed by atoms with Crippen LogP contribution in [0.4, 0.5) is 5.69 Å². The molecule has 0 saturated carbocycles. The average molecular weight is 380 g/mol. The van der Waals surface area contributed by atoms with Gasteiger partial charge in [-0.25, -0.2) is 13.1 Å². The predicted octanol–water partition coefficient (Wildman–Crippen LogP) is 3.82. The highest BCUT2D eigenvalue weighted by atomic mass is 32.2. The first kappa shape index (κ1) is 18.8. The fraction of sp³-hybridized carbons (Fsp3) is 0.0952. The number of carbonyl (C=O) groups is 1. The van der Waals surface area contributed by atoms with Crippen LogP contribution in [-0.4, -0.2) is 21.4 Å². The van der Waals surface area contributed by atoms with E-state index in [0.717, 1.165) is 11.1 Å². The van der Waals surface area contributed by atoms with Crippen LogP contribution in [0.1, 0.15) is 15.9 Å². The van der Waals surface area contributed by atoms with Crippen LogP contribution in [0, 0.1) is 6.92 Å². The molecular formula is C21H20N2O3S. The number of hydrogen-bond acceptors (Lipinski definition) is 3. The molecule has 2 N–H and O–H groups in total. The van der Waals surface area contributed by atoms with Crippen LogP contribution in [0.3, 0.4) is 0 Å². The van der Waals surface area contributed by atoms with Crippen molar-refractivity contribution in [3.8, 4) is 11.1 Å². The molecule has 27 heavy (non-hydrogen) atoms. The summed E-state index contributed by atoms with van der Waals surface area (Å²) in [7, 11) is -2.25. The number of anilines is 1. The third kappa shape index (κ3) is 4.07. The van der Waals surface area contributed by atoms with E-state index in [1.807, 2.05) is 42.5 Å². The van der Waals surface area contributed by atoms with Crippen molar-refractivity contribution >= 4 is 21.6 Å². The normalized spacial score (nSPS) is 11.2. The van der Waals surface area contributed by atoms with E-state index in [0.29, 0.717) is 16.8 Å². The molecule has 0 bridgehead atoms. The zero-order valence-corrected chi connectivity index (χ0v) is 15.9. The lowest BCUT2D eigenvalue weighted by Gasteiger charge is -2.12. The molecule has 3 aromatic carbocycles. The molecule has 6 heteroatoms. The van der Waals surface area contributed by atoms with Crippen molar-refractivity contribution in [2.24, 2.45) is 0 Å². The van der Waals surface area contributed by atoms with E-state index in [9.17, 15) is 13.2 Å². The van der Waals surface area contributed by atoms with Crippen molar-refractivity contribution in [2.45, 2.75) is 11.8 Å². The summed E-state index contributed by atoms with van der Waals surface area (Å²) in [6.07, 6.45) is 0. The van der Waals surface area contributed by atoms with Crippen LogP contribution in [0.15, 0.2) is 77.7 Å².